The number of nitrogens with zero attached hydrogens (tertiary/aromatic N) is 1. The van der Waals surface area contributed by atoms with Crippen LogP contribution in [0.4, 0.5) is 13.2 Å². The van der Waals surface area contributed by atoms with Gasteiger partial charge in [-0.1, -0.05) is 0 Å². The van der Waals surface area contributed by atoms with E-state index in [4.69, 9.17) is 4.42 Å². The average Bonchev–Trinajstić information content (AvgIpc) is 2.69. The largest absolute Gasteiger partial charge is 0.443 e. The van der Waals surface area contributed by atoms with Gasteiger partial charge in [0.15, 0.2) is 5.89 Å². The van der Waals surface area contributed by atoms with Crippen LogP contribution in [0.25, 0.3) is 0 Å². The quantitative estimate of drug-likeness (QED) is 0.785. The Labute approximate surface area is 116 Å². The molecule has 0 spiro atoms. The number of oxazole rings is 1. The lowest BCUT2D eigenvalue weighted by molar-refractivity contribution is -0.177. The Morgan fingerprint density at radius 3 is 2.60 bits per heavy atom. The maximum atomic E-state index is 11.9. The molecule has 0 aliphatic carbocycles. The third kappa shape index (κ3) is 8.16. The molecule has 0 aliphatic heterocycles. The van der Waals surface area contributed by atoms with Crippen LogP contribution in [0.3, 0.4) is 0 Å². The molecule has 0 aromatic carbocycles. The summed E-state index contributed by atoms with van der Waals surface area (Å²) in [5, 5.41) is 3.33. The lowest BCUT2D eigenvalue weighted by Crippen LogP contribution is -2.36. The van der Waals surface area contributed by atoms with Crippen molar-refractivity contribution in [2.75, 3.05) is 13.2 Å². The van der Waals surface area contributed by atoms with Gasteiger partial charge >= 0.3 is 6.18 Å². The maximum Gasteiger partial charge on any atom is 0.411 e. The van der Waals surface area contributed by atoms with E-state index in [0.29, 0.717) is 18.1 Å². The van der Waals surface area contributed by atoms with Crippen molar-refractivity contribution in [2.24, 2.45) is 0 Å². The van der Waals surface area contributed by atoms with E-state index in [0.717, 1.165) is 13.0 Å². The fraction of sp³-hybridized carbons (Fsp3) is 0.769. The molecule has 0 saturated carbocycles. The molecule has 1 aromatic rings. The second kappa shape index (κ2) is 7.08. The van der Waals surface area contributed by atoms with Gasteiger partial charge in [-0.05, 0) is 33.7 Å². The molecular weight excluding hydrogens is 273 g/mol. The Morgan fingerprint density at radius 1 is 1.30 bits per heavy atom. The minimum absolute atomic E-state index is 0.0627. The molecule has 0 atom stereocenters. The van der Waals surface area contributed by atoms with E-state index in [9.17, 15) is 13.2 Å². The number of alkyl halides is 3. The van der Waals surface area contributed by atoms with E-state index in [1.54, 1.807) is 0 Å². The van der Waals surface area contributed by atoms with Crippen LogP contribution in [-0.4, -0.2) is 29.9 Å². The first kappa shape index (κ1) is 17.0. The highest BCUT2D eigenvalue weighted by molar-refractivity contribution is 4.92. The molecule has 0 amide bonds. The Balaban J connectivity index is 2.22. The molecule has 0 radical (unpaired) electrons. The summed E-state index contributed by atoms with van der Waals surface area (Å²) in [6.07, 6.45) is -1.42. The Kier molecular flexibility index (Phi) is 6.01. The van der Waals surface area contributed by atoms with Gasteiger partial charge in [0.05, 0.1) is 6.20 Å². The monoisotopic (exact) mass is 294 g/mol. The topological polar surface area (TPSA) is 47.3 Å². The van der Waals surface area contributed by atoms with Gasteiger partial charge in [-0.15, -0.1) is 0 Å². The minimum atomic E-state index is -4.32. The van der Waals surface area contributed by atoms with Crippen molar-refractivity contribution in [3.8, 4) is 0 Å². The van der Waals surface area contributed by atoms with Crippen molar-refractivity contribution in [3.05, 3.63) is 17.8 Å². The number of ether oxygens (including phenoxy) is 1. The predicted octanol–water partition coefficient (Wildman–Crippen LogP) is 3.07. The number of hydrogen-bond acceptors (Lipinski definition) is 4. The molecule has 0 unspecified atom stereocenters. The first-order chi connectivity index (χ1) is 9.16. The van der Waals surface area contributed by atoms with E-state index < -0.39 is 12.8 Å². The van der Waals surface area contributed by atoms with Crippen LogP contribution >= 0.6 is 0 Å². The van der Waals surface area contributed by atoms with Crippen molar-refractivity contribution in [2.45, 2.75) is 51.9 Å². The molecular formula is C13H21F3N2O2. The van der Waals surface area contributed by atoms with Gasteiger partial charge in [-0.2, -0.15) is 13.2 Å². The molecule has 4 nitrogen and oxygen atoms in total. The molecule has 0 bridgehead atoms. The molecule has 0 aliphatic rings. The highest BCUT2D eigenvalue weighted by Crippen LogP contribution is 2.16. The number of aryl methyl sites for hydroxylation is 1. The smallest absolute Gasteiger partial charge is 0.411 e. The molecule has 1 rings (SSSR count). The molecule has 1 aromatic heterocycles. The average molecular weight is 294 g/mol. The fourth-order valence-electron chi connectivity index (χ4n) is 1.50. The second-order valence-electron chi connectivity index (χ2n) is 5.61. The summed E-state index contributed by atoms with van der Waals surface area (Å²) in [6.45, 7) is 5.56. The van der Waals surface area contributed by atoms with Crippen molar-refractivity contribution >= 4 is 0 Å². The van der Waals surface area contributed by atoms with Gasteiger partial charge in [0.1, 0.15) is 19.0 Å². The zero-order valence-electron chi connectivity index (χ0n) is 12.0. The molecule has 1 N–H and O–H groups in total. The van der Waals surface area contributed by atoms with Gasteiger partial charge in [-0.3, -0.25) is 0 Å². The maximum absolute atomic E-state index is 11.9. The van der Waals surface area contributed by atoms with E-state index in [-0.39, 0.29) is 12.1 Å². The molecule has 7 heteroatoms. The van der Waals surface area contributed by atoms with Crippen LogP contribution in [0.15, 0.2) is 10.6 Å². The number of hydrogen-bond donors (Lipinski definition) is 1. The number of halogens is 3. The second-order valence-corrected chi connectivity index (χ2v) is 5.61. The van der Waals surface area contributed by atoms with Gasteiger partial charge in [-0.25, -0.2) is 4.98 Å². The van der Waals surface area contributed by atoms with Crippen LogP contribution in [-0.2, 0) is 17.8 Å². The Morgan fingerprint density at radius 2 is 2.00 bits per heavy atom. The van der Waals surface area contributed by atoms with Crippen molar-refractivity contribution in [1.29, 1.82) is 0 Å². The predicted molar refractivity (Wildman–Crippen MR) is 68.3 cm³/mol. The van der Waals surface area contributed by atoms with E-state index in [1.165, 1.54) is 6.20 Å². The molecule has 1 heterocycles. The minimum Gasteiger partial charge on any atom is -0.443 e. The van der Waals surface area contributed by atoms with Gasteiger partial charge in [0.25, 0.3) is 0 Å². The molecule has 116 valence electrons. The lowest BCUT2D eigenvalue weighted by Gasteiger charge is -2.20. The van der Waals surface area contributed by atoms with E-state index in [1.807, 2.05) is 0 Å². The number of nitrogens with one attached hydrogen (secondary N) is 1. The molecule has 0 fully saturated rings. The summed E-state index contributed by atoms with van der Waals surface area (Å²) in [5.74, 6) is 0.833. The standard InChI is InChI=1S/C13H21F3N2O2/c1-12(2,3)18-6-4-5-11-17-7-10(20-11)8-19-9-13(14,15)16/h7,18H,4-6,8-9H2,1-3H3. The summed E-state index contributed by atoms with van der Waals surface area (Å²) >= 11 is 0. The third-order valence-corrected chi connectivity index (χ3v) is 2.33. The van der Waals surface area contributed by atoms with E-state index in [2.05, 4.69) is 35.8 Å². The highest BCUT2D eigenvalue weighted by Gasteiger charge is 2.27. The Bertz CT molecular complexity index is 397. The van der Waals surface area contributed by atoms with Crippen molar-refractivity contribution < 1.29 is 22.3 Å². The summed E-state index contributed by atoms with van der Waals surface area (Å²) in [4.78, 5) is 4.01. The number of aromatic nitrogens is 1. The van der Waals surface area contributed by atoms with Crippen LogP contribution in [0, 0.1) is 0 Å². The molecule has 0 saturated heterocycles. The first-order valence-electron chi connectivity index (χ1n) is 6.49. The fourth-order valence-corrected chi connectivity index (χ4v) is 1.50. The zero-order chi connectivity index (χ0) is 15.2. The van der Waals surface area contributed by atoms with Gasteiger partial charge in [0, 0.05) is 12.0 Å². The SMILES string of the molecule is CC(C)(C)NCCCc1ncc(COCC(F)(F)F)o1. The molecule has 20 heavy (non-hydrogen) atoms. The Hall–Kier alpha value is -1.08. The summed E-state index contributed by atoms with van der Waals surface area (Å²) in [5.41, 5.74) is 0.0627. The lowest BCUT2D eigenvalue weighted by atomic mass is 10.1. The first-order valence-corrected chi connectivity index (χ1v) is 6.49. The van der Waals surface area contributed by atoms with Crippen LogP contribution in [0.5, 0.6) is 0 Å². The van der Waals surface area contributed by atoms with Crippen LogP contribution in [0.1, 0.15) is 38.8 Å². The van der Waals surface area contributed by atoms with Crippen molar-refractivity contribution in [1.82, 2.24) is 10.3 Å². The highest BCUT2D eigenvalue weighted by atomic mass is 19.4. The van der Waals surface area contributed by atoms with Gasteiger partial charge < -0.3 is 14.5 Å². The van der Waals surface area contributed by atoms with Crippen LogP contribution in [0.2, 0.25) is 0 Å². The van der Waals surface area contributed by atoms with Crippen LogP contribution < -0.4 is 5.32 Å². The summed E-state index contributed by atoms with van der Waals surface area (Å²) in [7, 11) is 0. The van der Waals surface area contributed by atoms with Gasteiger partial charge in [0.2, 0.25) is 0 Å². The zero-order valence-corrected chi connectivity index (χ0v) is 12.0. The normalized spacial score (nSPS) is 12.9. The summed E-state index contributed by atoms with van der Waals surface area (Å²) in [6, 6.07) is 0. The van der Waals surface area contributed by atoms with E-state index >= 15 is 0 Å². The van der Waals surface area contributed by atoms with Crippen molar-refractivity contribution in [3.63, 3.8) is 0 Å². The third-order valence-electron chi connectivity index (χ3n) is 2.33. The number of rotatable bonds is 7. The summed E-state index contributed by atoms with van der Waals surface area (Å²) < 4.78 is 45.5.